The molecule has 1 heterocycles. The zero-order valence-electron chi connectivity index (χ0n) is 11.3. The van der Waals surface area contributed by atoms with Crippen LogP contribution in [0.25, 0.3) is 0 Å². The molecule has 0 unspecified atom stereocenters. The highest BCUT2D eigenvalue weighted by molar-refractivity contribution is 6.30. The van der Waals surface area contributed by atoms with Gasteiger partial charge in [0.1, 0.15) is 0 Å². The van der Waals surface area contributed by atoms with Gasteiger partial charge in [0, 0.05) is 10.7 Å². The quantitative estimate of drug-likeness (QED) is 0.874. The van der Waals surface area contributed by atoms with Crippen LogP contribution in [0.4, 0.5) is 5.69 Å². The summed E-state index contributed by atoms with van der Waals surface area (Å²) in [5.41, 5.74) is 0.781. The van der Waals surface area contributed by atoms with E-state index >= 15 is 0 Å². The molecular weight excluding hydrogens is 260 g/mol. The standard InChI is InChI=1S/C15H21ClN2O/c16-13-7-6-8-14(11-13)17-15(19)12-18-9-4-2-1-3-5-10-18/h6-8,11H,1-5,9-10,12H2,(H,17,19)/p+1. The van der Waals surface area contributed by atoms with Crippen LogP contribution in [0.1, 0.15) is 32.1 Å². The molecule has 1 fully saturated rings. The Kier molecular flexibility index (Phi) is 5.67. The molecule has 0 radical (unpaired) electrons. The summed E-state index contributed by atoms with van der Waals surface area (Å²) in [6.45, 7) is 2.79. The molecule has 0 saturated carbocycles. The van der Waals surface area contributed by atoms with Gasteiger partial charge >= 0.3 is 0 Å². The van der Waals surface area contributed by atoms with E-state index in [1.54, 1.807) is 12.1 Å². The second-order valence-corrected chi connectivity index (χ2v) is 5.69. The van der Waals surface area contributed by atoms with E-state index in [2.05, 4.69) is 5.32 Å². The lowest BCUT2D eigenvalue weighted by molar-refractivity contribution is -0.892. The molecule has 0 spiro atoms. The number of likely N-dealkylation sites (tertiary alicyclic amines) is 1. The number of halogens is 1. The molecule has 1 aromatic rings. The van der Waals surface area contributed by atoms with Gasteiger partial charge in [-0.2, -0.15) is 0 Å². The highest BCUT2D eigenvalue weighted by Crippen LogP contribution is 2.14. The van der Waals surface area contributed by atoms with E-state index < -0.39 is 0 Å². The Hall–Kier alpha value is -1.06. The van der Waals surface area contributed by atoms with Crippen molar-refractivity contribution in [2.75, 3.05) is 25.0 Å². The largest absolute Gasteiger partial charge is 0.327 e. The van der Waals surface area contributed by atoms with Crippen molar-refractivity contribution >= 4 is 23.2 Å². The molecule has 0 bridgehead atoms. The van der Waals surface area contributed by atoms with Crippen molar-refractivity contribution in [2.45, 2.75) is 32.1 Å². The maximum atomic E-state index is 12.0. The maximum Gasteiger partial charge on any atom is 0.279 e. The Morgan fingerprint density at radius 1 is 1.16 bits per heavy atom. The lowest BCUT2D eigenvalue weighted by Crippen LogP contribution is -3.13. The fourth-order valence-electron chi connectivity index (χ4n) is 2.58. The minimum atomic E-state index is 0.0813. The third-order valence-corrected chi connectivity index (χ3v) is 3.81. The number of quaternary nitrogens is 1. The fourth-order valence-corrected chi connectivity index (χ4v) is 2.77. The van der Waals surface area contributed by atoms with Crippen molar-refractivity contribution in [2.24, 2.45) is 0 Å². The zero-order chi connectivity index (χ0) is 13.5. The molecule has 2 N–H and O–H groups in total. The average Bonchev–Trinajstić information content (AvgIpc) is 2.32. The van der Waals surface area contributed by atoms with E-state index in [9.17, 15) is 4.79 Å². The summed E-state index contributed by atoms with van der Waals surface area (Å²) < 4.78 is 0. The van der Waals surface area contributed by atoms with E-state index in [0.717, 1.165) is 18.8 Å². The molecule has 1 amide bonds. The average molecular weight is 282 g/mol. The number of amides is 1. The summed E-state index contributed by atoms with van der Waals surface area (Å²) in [5, 5.41) is 3.57. The van der Waals surface area contributed by atoms with E-state index in [0.29, 0.717) is 11.6 Å². The molecular formula is C15H22ClN2O+. The SMILES string of the molecule is O=C(C[NH+]1CCCCCCC1)Nc1cccc(Cl)c1. The van der Waals surface area contributed by atoms with Crippen LogP contribution >= 0.6 is 11.6 Å². The van der Waals surface area contributed by atoms with Gasteiger partial charge in [-0.05, 0) is 43.9 Å². The first-order valence-electron chi connectivity index (χ1n) is 7.13. The molecule has 0 atom stereocenters. The molecule has 4 heteroatoms. The van der Waals surface area contributed by atoms with E-state index in [-0.39, 0.29) is 5.91 Å². The molecule has 1 aliphatic heterocycles. The molecule has 1 saturated heterocycles. The fraction of sp³-hybridized carbons (Fsp3) is 0.533. The highest BCUT2D eigenvalue weighted by atomic mass is 35.5. The summed E-state index contributed by atoms with van der Waals surface area (Å²) in [6.07, 6.45) is 6.43. The van der Waals surface area contributed by atoms with Gasteiger partial charge in [-0.3, -0.25) is 4.79 Å². The smallest absolute Gasteiger partial charge is 0.279 e. The lowest BCUT2D eigenvalue weighted by atomic mass is 10.1. The van der Waals surface area contributed by atoms with Crippen LogP contribution in [0.3, 0.4) is 0 Å². The van der Waals surface area contributed by atoms with Gasteiger partial charge in [0.25, 0.3) is 5.91 Å². The number of carbonyl (C=O) groups excluding carboxylic acids is 1. The first-order chi connectivity index (χ1) is 9.24. The molecule has 2 rings (SSSR count). The number of hydrogen-bond donors (Lipinski definition) is 2. The van der Waals surface area contributed by atoms with Crippen LogP contribution in [-0.4, -0.2) is 25.5 Å². The van der Waals surface area contributed by atoms with Gasteiger partial charge in [-0.15, -0.1) is 0 Å². The van der Waals surface area contributed by atoms with Crippen molar-refractivity contribution in [3.63, 3.8) is 0 Å². The predicted molar refractivity (Wildman–Crippen MR) is 78.7 cm³/mol. The first-order valence-corrected chi connectivity index (χ1v) is 7.51. The number of benzene rings is 1. The van der Waals surface area contributed by atoms with Crippen molar-refractivity contribution < 1.29 is 9.69 Å². The second kappa shape index (κ2) is 7.51. The molecule has 0 aliphatic carbocycles. The van der Waals surface area contributed by atoms with Gasteiger partial charge in [0.15, 0.2) is 6.54 Å². The van der Waals surface area contributed by atoms with Gasteiger partial charge in [0.05, 0.1) is 13.1 Å². The summed E-state index contributed by atoms with van der Waals surface area (Å²) in [6, 6.07) is 7.30. The second-order valence-electron chi connectivity index (χ2n) is 5.25. The molecule has 0 aromatic heterocycles. The Morgan fingerprint density at radius 2 is 1.84 bits per heavy atom. The van der Waals surface area contributed by atoms with Crippen molar-refractivity contribution in [3.05, 3.63) is 29.3 Å². The third kappa shape index (κ3) is 5.21. The van der Waals surface area contributed by atoms with Gasteiger partial charge in [-0.25, -0.2) is 0 Å². The Labute approximate surface area is 119 Å². The van der Waals surface area contributed by atoms with Gasteiger partial charge < -0.3 is 10.2 Å². The van der Waals surface area contributed by atoms with Crippen molar-refractivity contribution in [1.82, 2.24) is 0 Å². The Bertz CT molecular complexity index is 414. The maximum absolute atomic E-state index is 12.0. The number of carbonyl (C=O) groups is 1. The molecule has 19 heavy (non-hydrogen) atoms. The number of rotatable bonds is 3. The number of nitrogens with one attached hydrogen (secondary N) is 2. The Morgan fingerprint density at radius 3 is 2.53 bits per heavy atom. The van der Waals surface area contributed by atoms with Crippen molar-refractivity contribution in [3.8, 4) is 0 Å². The van der Waals surface area contributed by atoms with Gasteiger partial charge in [-0.1, -0.05) is 24.1 Å². The van der Waals surface area contributed by atoms with E-state index in [1.165, 1.54) is 37.0 Å². The molecule has 3 nitrogen and oxygen atoms in total. The van der Waals surface area contributed by atoms with Gasteiger partial charge in [0.2, 0.25) is 0 Å². The summed E-state index contributed by atoms with van der Waals surface area (Å²) in [4.78, 5) is 13.4. The molecule has 1 aliphatic rings. The number of anilines is 1. The normalized spacial score (nSPS) is 17.5. The lowest BCUT2D eigenvalue weighted by Gasteiger charge is -2.21. The summed E-state index contributed by atoms with van der Waals surface area (Å²) in [5.74, 6) is 0.0813. The highest BCUT2D eigenvalue weighted by Gasteiger charge is 2.15. The number of hydrogen-bond acceptors (Lipinski definition) is 1. The molecule has 104 valence electrons. The zero-order valence-corrected chi connectivity index (χ0v) is 12.0. The van der Waals surface area contributed by atoms with E-state index in [4.69, 9.17) is 11.6 Å². The summed E-state index contributed by atoms with van der Waals surface area (Å²) in [7, 11) is 0. The minimum absolute atomic E-state index is 0.0813. The predicted octanol–water partition coefficient (Wildman–Crippen LogP) is 2.13. The minimum Gasteiger partial charge on any atom is -0.327 e. The van der Waals surface area contributed by atoms with Crippen LogP contribution in [0.5, 0.6) is 0 Å². The third-order valence-electron chi connectivity index (χ3n) is 3.58. The van der Waals surface area contributed by atoms with Crippen LogP contribution < -0.4 is 10.2 Å². The van der Waals surface area contributed by atoms with E-state index in [1.807, 2.05) is 12.1 Å². The monoisotopic (exact) mass is 281 g/mol. The van der Waals surface area contributed by atoms with Crippen LogP contribution in [0.2, 0.25) is 5.02 Å². The Balaban J connectivity index is 1.82. The topological polar surface area (TPSA) is 33.5 Å². The van der Waals surface area contributed by atoms with Crippen molar-refractivity contribution in [1.29, 1.82) is 0 Å². The van der Waals surface area contributed by atoms with Crippen LogP contribution in [-0.2, 0) is 4.79 Å². The first kappa shape index (κ1) is 14.4. The summed E-state index contributed by atoms with van der Waals surface area (Å²) >= 11 is 5.90. The van der Waals surface area contributed by atoms with Crippen LogP contribution in [0, 0.1) is 0 Å². The molecule has 1 aromatic carbocycles. The van der Waals surface area contributed by atoms with Crippen LogP contribution in [0.15, 0.2) is 24.3 Å².